The molecule has 0 saturated carbocycles. The number of ketones is 1. The fraction of sp³-hybridized carbons (Fsp3) is 0.211. The van der Waals surface area contributed by atoms with Crippen molar-refractivity contribution in [2.45, 2.75) is 20.0 Å². The van der Waals surface area contributed by atoms with Gasteiger partial charge in [-0.25, -0.2) is 4.79 Å². The number of anilines is 1. The Morgan fingerprint density at radius 1 is 1.07 bits per heavy atom. The lowest BCUT2D eigenvalue weighted by molar-refractivity contribution is -0.155. The minimum absolute atomic E-state index is 0.116. The molecule has 0 aromatic heterocycles. The zero-order valence-corrected chi connectivity index (χ0v) is 16.1. The van der Waals surface area contributed by atoms with Gasteiger partial charge in [-0.05, 0) is 44.2 Å². The molecule has 1 atom stereocenters. The number of Topliss-reactive ketones (excluding diaryl/α,β-unsaturated/α-hetero) is 1. The van der Waals surface area contributed by atoms with E-state index in [0.717, 1.165) is 0 Å². The highest BCUT2D eigenvalue weighted by atomic mass is 35.5. The van der Waals surface area contributed by atoms with Gasteiger partial charge in [0.1, 0.15) is 5.75 Å². The van der Waals surface area contributed by atoms with Crippen molar-refractivity contribution in [2.75, 3.05) is 11.9 Å². The minimum atomic E-state index is -1.05. The first-order valence-corrected chi connectivity index (χ1v) is 8.70. The van der Waals surface area contributed by atoms with Crippen LogP contribution in [0.4, 0.5) is 5.69 Å². The summed E-state index contributed by atoms with van der Waals surface area (Å²) < 4.78 is 10.3. The zero-order chi connectivity index (χ0) is 20.0. The molecule has 0 spiro atoms. The number of carbonyl (C=O) groups is 3. The highest BCUT2D eigenvalue weighted by Gasteiger charge is 2.18. The number of amides is 1. The summed E-state index contributed by atoms with van der Waals surface area (Å²) in [5.74, 6) is -1.03. The standard InChI is InChI=1S/C19H17Cl2NO5/c1-11(23)13-4-3-5-17(6-13)26-10-18(24)27-12(2)19(25)22-16-8-14(20)7-15(21)9-16/h3-9,12H,10H2,1-2H3,(H,22,25)/t12-/m1/s1. The number of carbonyl (C=O) groups excluding carboxylic acids is 3. The zero-order valence-electron chi connectivity index (χ0n) is 14.6. The normalized spacial score (nSPS) is 11.4. The molecule has 0 aliphatic carbocycles. The van der Waals surface area contributed by atoms with Crippen LogP contribution in [0, 0.1) is 0 Å². The van der Waals surface area contributed by atoms with E-state index in [9.17, 15) is 14.4 Å². The maximum absolute atomic E-state index is 12.1. The Hall–Kier alpha value is -2.57. The monoisotopic (exact) mass is 409 g/mol. The van der Waals surface area contributed by atoms with Gasteiger partial charge in [0, 0.05) is 21.3 Å². The molecule has 0 heterocycles. The van der Waals surface area contributed by atoms with Crippen molar-refractivity contribution in [3.05, 3.63) is 58.1 Å². The number of halogens is 2. The predicted octanol–water partition coefficient (Wildman–Crippen LogP) is 4.15. The summed E-state index contributed by atoms with van der Waals surface area (Å²) in [6.45, 7) is 2.46. The summed E-state index contributed by atoms with van der Waals surface area (Å²) in [6, 6.07) is 11.0. The summed E-state index contributed by atoms with van der Waals surface area (Å²) in [6.07, 6.45) is -1.05. The maximum atomic E-state index is 12.1. The number of nitrogens with one attached hydrogen (secondary N) is 1. The summed E-state index contributed by atoms with van der Waals surface area (Å²) in [5.41, 5.74) is 0.853. The Labute approximate surface area is 166 Å². The third-order valence-corrected chi connectivity index (χ3v) is 3.84. The van der Waals surface area contributed by atoms with Gasteiger partial charge in [0.05, 0.1) is 0 Å². The average molecular weight is 410 g/mol. The third kappa shape index (κ3) is 6.58. The lowest BCUT2D eigenvalue weighted by atomic mass is 10.1. The number of hydrogen-bond acceptors (Lipinski definition) is 5. The fourth-order valence-electron chi connectivity index (χ4n) is 2.10. The molecule has 2 aromatic carbocycles. The van der Waals surface area contributed by atoms with Gasteiger partial charge in [-0.2, -0.15) is 0 Å². The molecule has 0 aliphatic heterocycles. The Morgan fingerprint density at radius 2 is 1.74 bits per heavy atom. The maximum Gasteiger partial charge on any atom is 0.344 e. The summed E-state index contributed by atoms with van der Waals surface area (Å²) in [4.78, 5) is 35.3. The van der Waals surface area contributed by atoms with Crippen LogP contribution in [-0.2, 0) is 14.3 Å². The lowest BCUT2D eigenvalue weighted by Crippen LogP contribution is -2.31. The molecule has 6 nitrogen and oxygen atoms in total. The Bertz CT molecular complexity index is 849. The lowest BCUT2D eigenvalue weighted by Gasteiger charge is -2.14. The molecule has 8 heteroatoms. The minimum Gasteiger partial charge on any atom is -0.482 e. The van der Waals surface area contributed by atoms with E-state index in [-0.39, 0.29) is 5.78 Å². The molecule has 0 unspecified atom stereocenters. The molecule has 0 bridgehead atoms. The smallest absolute Gasteiger partial charge is 0.344 e. The van der Waals surface area contributed by atoms with Gasteiger partial charge in [0.2, 0.25) is 0 Å². The first-order chi connectivity index (χ1) is 12.7. The molecule has 2 aromatic rings. The van der Waals surface area contributed by atoms with Crippen molar-refractivity contribution in [3.8, 4) is 5.75 Å². The van der Waals surface area contributed by atoms with Gasteiger partial charge in [0.25, 0.3) is 5.91 Å². The number of esters is 1. The van der Waals surface area contributed by atoms with E-state index in [1.165, 1.54) is 38.1 Å². The van der Waals surface area contributed by atoms with E-state index in [2.05, 4.69) is 5.32 Å². The molecule has 1 N–H and O–H groups in total. The molecule has 1 amide bonds. The molecule has 2 rings (SSSR count). The van der Waals surface area contributed by atoms with Crippen molar-refractivity contribution < 1.29 is 23.9 Å². The van der Waals surface area contributed by atoms with Crippen LogP contribution >= 0.6 is 23.2 Å². The summed E-state index contributed by atoms with van der Waals surface area (Å²) in [7, 11) is 0. The van der Waals surface area contributed by atoms with Crippen LogP contribution in [-0.4, -0.2) is 30.4 Å². The van der Waals surface area contributed by atoms with Gasteiger partial charge in [-0.15, -0.1) is 0 Å². The Balaban J connectivity index is 1.86. The fourth-order valence-corrected chi connectivity index (χ4v) is 2.63. The van der Waals surface area contributed by atoms with E-state index in [0.29, 0.717) is 27.0 Å². The second-order valence-corrected chi connectivity index (χ2v) is 6.53. The second kappa shape index (κ2) is 9.39. The number of hydrogen-bond donors (Lipinski definition) is 1. The van der Waals surface area contributed by atoms with E-state index >= 15 is 0 Å². The van der Waals surface area contributed by atoms with Crippen LogP contribution in [0.5, 0.6) is 5.75 Å². The summed E-state index contributed by atoms with van der Waals surface area (Å²) >= 11 is 11.7. The SMILES string of the molecule is CC(=O)c1cccc(OCC(=O)O[C@H](C)C(=O)Nc2cc(Cl)cc(Cl)c2)c1. The number of ether oxygens (including phenoxy) is 2. The molecule has 0 aliphatic rings. The Kier molecular flexibility index (Phi) is 7.21. The van der Waals surface area contributed by atoms with Crippen molar-refractivity contribution in [2.24, 2.45) is 0 Å². The van der Waals surface area contributed by atoms with Crippen LogP contribution in [0.2, 0.25) is 10.0 Å². The predicted molar refractivity (Wildman–Crippen MR) is 103 cm³/mol. The number of rotatable bonds is 7. The van der Waals surface area contributed by atoms with E-state index < -0.39 is 24.6 Å². The third-order valence-electron chi connectivity index (χ3n) is 3.40. The van der Waals surface area contributed by atoms with Gasteiger partial charge >= 0.3 is 5.97 Å². The van der Waals surface area contributed by atoms with Crippen LogP contribution in [0.25, 0.3) is 0 Å². The van der Waals surface area contributed by atoms with Gasteiger partial charge in [0.15, 0.2) is 18.5 Å². The van der Waals surface area contributed by atoms with E-state index in [1.807, 2.05) is 0 Å². The van der Waals surface area contributed by atoms with Gasteiger partial charge in [-0.1, -0.05) is 35.3 Å². The second-order valence-electron chi connectivity index (χ2n) is 5.65. The van der Waals surface area contributed by atoms with Crippen LogP contribution in [0.3, 0.4) is 0 Å². The first kappa shape index (κ1) is 20.7. The van der Waals surface area contributed by atoms with Crippen LogP contribution in [0.15, 0.2) is 42.5 Å². The first-order valence-electron chi connectivity index (χ1n) is 7.95. The van der Waals surface area contributed by atoms with Crippen LogP contribution in [0.1, 0.15) is 24.2 Å². The van der Waals surface area contributed by atoms with E-state index in [4.69, 9.17) is 32.7 Å². The molecule has 0 fully saturated rings. The average Bonchev–Trinajstić information content (AvgIpc) is 2.59. The van der Waals surface area contributed by atoms with Crippen molar-refractivity contribution in [1.82, 2.24) is 0 Å². The molecule has 0 saturated heterocycles. The van der Waals surface area contributed by atoms with Crippen molar-refractivity contribution >= 4 is 46.5 Å². The van der Waals surface area contributed by atoms with E-state index in [1.54, 1.807) is 18.2 Å². The molecule has 142 valence electrons. The topological polar surface area (TPSA) is 81.7 Å². The van der Waals surface area contributed by atoms with Crippen molar-refractivity contribution in [1.29, 1.82) is 0 Å². The van der Waals surface area contributed by atoms with Gasteiger partial charge < -0.3 is 14.8 Å². The molecular formula is C19H17Cl2NO5. The van der Waals surface area contributed by atoms with Crippen molar-refractivity contribution in [3.63, 3.8) is 0 Å². The largest absolute Gasteiger partial charge is 0.482 e. The Morgan fingerprint density at radius 3 is 2.37 bits per heavy atom. The van der Waals surface area contributed by atoms with Gasteiger partial charge in [-0.3, -0.25) is 9.59 Å². The highest BCUT2D eigenvalue weighted by Crippen LogP contribution is 2.22. The summed E-state index contributed by atoms with van der Waals surface area (Å²) in [5, 5.41) is 3.29. The number of benzene rings is 2. The quantitative estimate of drug-likeness (QED) is 0.548. The molecule has 27 heavy (non-hydrogen) atoms. The highest BCUT2D eigenvalue weighted by molar-refractivity contribution is 6.35. The molecule has 0 radical (unpaired) electrons. The van der Waals surface area contributed by atoms with Crippen LogP contribution < -0.4 is 10.1 Å². The molecular weight excluding hydrogens is 393 g/mol.